The van der Waals surface area contributed by atoms with Gasteiger partial charge in [0, 0.05) is 18.9 Å². The minimum absolute atomic E-state index is 0.173. The molecule has 25 heavy (non-hydrogen) atoms. The molecule has 2 aromatic rings. The first kappa shape index (κ1) is 18.3. The van der Waals surface area contributed by atoms with Crippen molar-refractivity contribution in [3.8, 4) is 11.5 Å². The SMILES string of the molecule is C=CCNC(=O)N[C@@H](C)c1ccc(OCc2ccncc2)c(OC)c1. The molecule has 0 bridgehead atoms. The molecular formula is C19H23N3O3. The molecule has 0 aliphatic heterocycles. The molecule has 1 atom stereocenters. The van der Waals surface area contributed by atoms with Crippen LogP contribution in [0.2, 0.25) is 0 Å². The van der Waals surface area contributed by atoms with Gasteiger partial charge in [-0.2, -0.15) is 0 Å². The first-order valence-corrected chi connectivity index (χ1v) is 7.99. The predicted octanol–water partition coefficient (Wildman–Crippen LogP) is 3.22. The molecule has 132 valence electrons. The molecule has 0 unspecified atom stereocenters. The van der Waals surface area contributed by atoms with Crippen LogP contribution in [-0.4, -0.2) is 24.7 Å². The number of carbonyl (C=O) groups excluding carboxylic acids is 1. The fourth-order valence-electron chi connectivity index (χ4n) is 2.21. The van der Waals surface area contributed by atoms with Crippen LogP contribution in [0.15, 0.2) is 55.4 Å². The summed E-state index contributed by atoms with van der Waals surface area (Å²) in [6, 6.07) is 8.99. The van der Waals surface area contributed by atoms with Crippen molar-refractivity contribution in [1.82, 2.24) is 15.6 Å². The first-order chi connectivity index (χ1) is 12.1. The highest BCUT2D eigenvalue weighted by molar-refractivity contribution is 5.74. The van der Waals surface area contributed by atoms with Crippen molar-refractivity contribution < 1.29 is 14.3 Å². The summed E-state index contributed by atoms with van der Waals surface area (Å²) in [7, 11) is 1.59. The van der Waals surface area contributed by atoms with E-state index in [0.717, 1.165) is 11.1 Å². The van der Waals surface area contributed by atoms with Crippen LogP contribution in [0.25, 0.3) is 0 Å². The summed E-state index contributed by atoms with van der Waals surface area (Å²) in [5.41, 5.74) is 1.94. The van der Waals surface area contributed by atoms with Gasteiger partial charge in [-0.25, -0.2) is 4.79 Å². The van der Waals surface area contributed by atoms with E-state index >= 15 is 0 Å². The number of benzene rings is 1. The topological polar surface area (TPSA) is 72.5 Å². The Morgan fingerprint density at radius 3 is 2.72 bits per heavy atom. The quantitative estimate of drug-likeness (QED) is 0.723. The normalized spacial score (nSPS) is 11.3. The Bertz CT molecular complexity index is 704. The molecule has 0 radical (unpaired) electrons. The molecule has 0 fully saturated rings. The van der Waals surface area contributed by atoms with Gasteiger partial charge in [0.05, 0.1) is 13.2 Å². The lowest BCUT2D eigenvalue weighted by Crippen LogP contribution is -2.37. The zero-order chi connectivity index (χ0) is 18.1. The van der Waals surface area contributed by atoms with Crippen molar-refractivity contribution in [2.45, 2.75) is 19.6 Å². The number of nitrogens with one attached hydrogen (secondary N) is 2. The van der Waals surface area contributed by atoms with E-state index in [1.165, 1.54) is 0 Å². The summed E-state index contributed by atoms with van der Waals surface area (Å²) >= 11 is 0. The van der Waals surface area contributed by atoms with Gasteiger partial charge in [0.15, 0.2) is 11.5 Å². The number of urea groups is 1. The molecule has 2 N–H and O–H groups in total. The third-order valence-corrected chi connectivity index (χ3v) is 3.59. The number of ether oxygens (including phenoxy) is 2. The molecule has 6 heteroatoms. The van der Waals surface area contributed by atoms with E-state index < -0.39 is 0 Å². The van der Waals surface area contributed by atoms with Crippen LogP contribution in [0.5, 0.6) is 11.5 Å². The van der Waals surface area contributed by atoms with Gasteiger partial charge in [0.2, 0.25) is 0 Å². The van der Waals surface area contributed by atoms with Crippen molar-refractivity contribution in [2.75, 3.05) is 13.7 Å². The fourth-order valence-corrected chi connectivity index (χ4v) is 2.21. The van der Waals surface area contributed by atoms with Gasteiger partial charge in [0.25, 0.3) is 0 Å². The van der Waals surface area contributed by atoms with Crippen LogP contribution >= 0.6 is 0 Å². The Morgan fingerprint density at radius 1 is 1.28 bits per heavy atom. The number of aromatic nitrogens is 1. The molecule has 0 saturated carbocycles. The summed E-state index contributed by atoms with van der Waals surface area (Å²) in [4.78, 5) is 15.7. The maximum Gasteiger partial charge on any atom is 0.315 e. The average Bonchev–Trinajstić information content (AvgIpc) is 2.65. The van der Waals surface area contributed by atoms with E-state index in [0.29, 0.717) is 24.7 Å². The highest BCUT2D eigenvalue weighted by atomic mass is 16.5. The molecule has 1 aromatic heterocycles. The van der Waals surface area contributed by atoms with E-state index in [1.807, 2.05) is 37.3 Å². The molecule has 6 nitrogen and oxygen atoms in total. The number of methoxy groups -OCH3 is 1. The lowest BCUT2D eigenvalue weighted by molar-refractivity contribution is 0.239. The maximum atomic E-state index is 11.7. The van der Waals surface area contributed by atoms with Crippen LogP contribution < -0.4 is 20.1 Å². The molecule has 0 saturated heterocycles. The Labute approximate surface area is 147 Å². The molecule has 1 aromatic carbocycles. The molecule has 0 aliphatic carbocycles. The molecule has 0 aliphatic rings. The van der Waals surface area contributed by atoms with Crippen LogP contribution in [0.4, 0.5) is 4.79 Å². The van der Waals surface area contributed by atoms with Crippen LogP contribution in [-0.2, 0) is 6.61 Å². The van der Waals surface area contributed by atoms with Crippen LogP contribution in [0, 0.1) is 0 Å². The predicted molar refractivity (Wildman–Crippen MR) is 96.7 cm³/mol. The summed E-state index contributed by atoms with van der Waals surface area (Å²) in [5.74, 6) is 1.26. The van der Waals surface area contributed by atoms with Gasteiger partial charge in [-0.15, -0.1) is 6.58 Å². The van der Waals surface area contributed by atoms with Gasteiger partial charge >= 0.3 is 6.03 Å². The monoisotopic (exact) mass is 341 g/mol. The summed E-state index contributed by atoms with van der Waals surface area (Å²) in [6.07, 6.45) is 5.08. The Kier molecular flexibility index (Phi) is 6.83. The second-order valence-electron chi connectivity index (χ2n) is 5.42. The summed E-state index contributed by atoms with van der Waals surface area (Å²) in [6.45, 7) is 6.31. The third-order valence-electron chi connectivity index (χ3n) is 3.59. The van der Waals surface area contributed by atoms with E-state index in [9.17, 15) is 4.79 Å². The highest BCUT2D eigenvalue weighted by Gasteiger charge is 2.13. The average molecular weight is 341 g/mol. The number of carbonyl (C=O) groups is 1. The van der Waals surface area contributed by atoms with Gasteiger partial charge in [0.1, 0.15) is 6.61 Å². The molecule has 2 amide bonds. The number of nitrogens with zero attached hydrogens (tertiary/aromatic N) is 1. The van der Waals surface area contributed by atoms with Gasteiger partial charge in [-0.3, -0.25) is 4.98 Å². The van der Waals surface area contributed by atoms with Gasteiger partial charge in [-0.1, -0.05) is 12.1 Å². The summed E-state index contributed by atoms with van der Waals surface area (Å²) < 4.78 is 11.2. The highest BCUT2D eigenvalue weighted by Crippen LogP contribution is 2.30. The maximum absolute atomic E-state index is 11.7. The van der Waals surface area contributed by atoms with Gasteiger partial charge in [-0.05, 0) is 42.3 Å². The molecular weight excluding hydrogens is 318 g/mol. The van der Waals surface area contributed by atoms with Crippen molar-refractivity contribution in [3.05, 3.63) is 66.5 Å². The molecule has 1 heterocycles. The van der Waals surface area contributed by atoms with Crippen molar-refractivity contribution in [2.24, 2.45) is 0 Å². The number of hydrogen-bond donors (Lipinski definition) is 2. The van der Waals surface area contributed by atoms with E-state index in [-0.39, 0.29) is 12.1 Å². The summed E-state index contributed by atoms with van der Waals surface area (Å²) in [5, 5.41) is 5.54. The Morgan fingerprint density at radius 2 is 2.04 bits per heavy atom. The van der Waals surface area contributed by atoms with E-state index in [1.54, 1.807) is 25.6 Å². The number of pyridine rings is 1. The van der Waals surface area contributed by atoms with Crippen LogP contribution in [0.3, 0.4) is 0 Å². The van der Waals surface area contributed by atoms with Crippen LogP contribution in [0.1, 0.15) is 24.1 Å². The minimum Gasteiger partial charge on any atom is -0.493 e. The second-order valence-corrected chi connectivity index (χ2v) is 5.42. The Balaban J connectivity index is 2.02. The zero-order valence-corrected chi connectivity index (χ0v) is 14.5. The van der Waals surface area contributed by atoms with Crippen molar-refractivity contribution >= 4 is 6.03 Å². The number of amides is 2. The fraction of sp³-hybridized carbons (Fsp3) is 0.263. The van der Waals surface area contributed by atoms with E-state index in [2.05, 4.69) is 22.2 Å². The minimum atomic E-state index is -0.246. The van der Waals surface area contributed by atoms with Crippen molar-refractivity contribution in [3.63, 3.8) is 0 Å². The largest absolute Gasteiger partial charge is 0.493 e. The van der Waals surface area contributed by atoms with Crippen molar-refractivity contribution in [1.29, 1.82) is 0 Å². The lowest BCUT2D eigenvalue weighted by atomic mass is 10.1. The zero-order valence-electron chi connectivity index (χ0n) is 14.5. The Hall–Kier alpha value is -3.02. The number of rotatable bonds is 8. The molecule has 2 rings (SSSR count). The molecule has 0 spiro atoms. The second kappa shape index (κ2) is 9.32. The van der Waals surface area contributed by atoms with E-state index in [4.69, 9.17) is 9.47 Å². The third kappa shape index (κ3) is 5.53. The lowest BCUT2D eigenvalue weighted by Gasteiger charge is -2.17. The van der Waals surface area contributed by atoms with Gasteiger partial charge < -0.3 is 20.1 Å². The number of hydrogen-bond acceptors (Lipinski definition) is 4. The smallest absolute Gasteiger partial charge is 0.315 e. The first-order valence-electron chi connectivity index (χ1n) is 7.99. The standard InChI is InChI=1S/C19H23N3O3/c1-4-9-21-19(23)22-14(2)16-5-6-17(18(12-16)24-3)25-13-15-7-10-20-11-8-15/h4-8,10-12,14H,1,9,13H2,2-3H3,(H2,21,22,23)/t14-/m0/s1.